The van der Waals surface area contributed by atoms with Crippen LogP contribution in [0.15, 0.2) is 36.9 Å². The van der Waals surface area contributed by atoms with E-state index in [1.807, 2.05) is 0 Å². The van der Waals surface area contributed by atoms with E-state index in [0.717, 1.165) is 24.3 Å². The van der Waals surface area contributed by atoms with Gasteiger partial charge in [0.05, 0.1) is 11.1 Å². The van der Waals surface area contributed by atoms with Crippen molar-refractivity contribution < 1.29 is 27.8 Å². The number of ether oxygens (including phenoxy) is 1. The minimum Gasteiger partial charge on any atom is -0.455 e. The molecule has 1 N–H and O–H groups in total. The standard InChI is InChI=1S/C14H15F3O3/c1-2-12(4-3-9-18)20-13(19)10-5-7-11(8-6-10)14(15,16)17/h2,5-8,12,18H,1,3-4,9H2. The van der Waals surface area contributed by atoms with Crippen molar-refractivity contribution in [2.75, 3.05) is 6.61 Å². The van der Waals surface area contributed by atoms with E-state index < -0.39 is 23.8 Å². The van der Waals surface area contributed by atoms with Gasteiger partial charge in [0.25, 0.3) is 0 Å². The first kappa shape index (κ1) is 16.2. The molecule has 0 radical (unpaired) electrons. The average molecular weight is 288 g/mol. The lowest BCUT2D eigenvalue weighted by atomic mass is 10.1. The van der Waals surface area contributed by atoms with Crippen LogP contribution in [0.3, 0.4) is 0 Å². The van der Waals surface area contributed by atoms with Crippen molar-refractivity contribution in [3.8, 4) is 0 Å². The molecule has 1 aromatic rings. The first-order chi connectivity index (χ1) is 9.38. The van der Waals surface area contributed by atoms with Crippen molar-refractivity contribution in [3.63, 3.8) is 0 Å². The van der Waals surface area contributed by atoms with E-state index in [2.05, 4.69) is 6.58 Å². The Morgan fingerprint density at radius 3 is 2.40 bits per heavy atom. The number of halogens is 3. The van der Waals surface area contributed by atoms with Crippen molar-refractivity contribution in [2.24, 2.45) is 0 Å². The third-order valence-corrected chi connectivity index (χ3v) is 2.62. The first-order valence-electron chi connectivity index (χ1n) is 6.00. The normalized spacial score (nSPS) is 12.8. The number of carbonyl (C=O) groups excluding carboxylic acids is 1. The van der Waals surface area contributed by atoms with Crippen molar-refractivity contribution in [3.05, 3.63) is 48.0 Å². The molecule has 0 aliphatic rings. The van der Waals surface area contributed by atoms with E-state index in [-0.39, 0.29) is 12.2 Å². The predicted molar refractivity (Wildman–Crippen MR) is 67.2 cm³/mol. The molecule has 110 valence electrons. The number of carbonyl (C=O) groups is 1. The molecule has 0 amide bonds. The highest BCUT2D eigenvalue weighted by molar-refractivity contribution is 5.89. The lowest BCUT2D eigenvalue weighted by Crippen LogP contribution is -2.16. The van der Waals surface area contributed by atoms with Crippen molar-refractivity contribution in [1.82, 2.24) is 0 Å². The summed E-state index contributed by atoms with van der Waals surface area (Å²) in [6, 6.07) is 3.79. The van der Waals surface area contributed by atoms with Gasteiger partial charge in [-0.15, -0.1) is 0 Å². The monoisotopic (exact) mass is 288 g/mol. The molecule has 1 aromatic carbocycles. The summed E-state index contributed by atoms with van der Waals surface area (Å²) < 4.78 is 42.2. The highest BCUT2D eigenvalue weighted by Gasteiger charge is 2.30. The van der Waals surface area contributed by atoms with Crippen LogP contribution in [0, 0.1) is 0 Å². The van der Waals surface area contributed by atoms with Crippen LogP contribution >= 0.6 is 0 Å². The second kappa shape index (κ2) is 7.09. The quantitative estimate of drug-likeness (QED) is 0.646. The van der Waals surface area contributed by atoms with Crippen molar-refractivity contribution in [1.29, 1.82) is 0 Å². The van der Waals surface area contributed by atoms with Gasteiger partial charge in [-0.2, -0.15) is 13.2 Å². The number of alkyl halides is 3. The van der Waals surface area contributed by atoms with Crippen molar-refractivity contribution in [2.45, 2.75) is 25.1 Å². The van der Waals surface area contributed by atoms with Crippen LogP contribution in [-0.4, -0.2) is 23.8 Å². The van der Waals surface area contributed by atoms with Crippen LogP contribution in [0.5, 0.6) is 0 Å². The van der Waals surface area contributed by atoms with Gasteiger partial charge >= 0.3 is 12.1 Å². The van der Waals surface area contributed by atoms with Crippen LogP contribution in [0.2, 0.25) is 0 Å². The number of benzene rings is 1. The molecule has 0 bridgehead atoms. The molecule has 0 aromatic heterocycles. The third-order valence-electron chi connectivity index (χ3n) is 2.62. The molecular weight excluding hydrogens is 273 g/mol. The highest BCUT2D eigenvalue weighted by atomic mass is 19.4. The van der Waals surface area contributed by atoms with E-state index in [9.17, 15) is 18.0 Å². The van der Waals surface area contributed by atoms with E-state index in [0.29, 0.717) is 12.8 Å². The molecule has 0 aliphatic carbocycles. The zero-order valence-electron chi connectivity index (χ0n) is 10.7. The Morgan fingerprint density at radius 2 is 1.95 bits per heavy atom. The molecule has 0 saturated carbocycles. The SMILES string of the molecule is C=CC(CCCO)OC(=O)c1ccc(C(F)(F)F)cc1. The summed E-state index contributed by atoms with van der Waals surface area (Å²) in [7, 11) is 0. The van der Waals surface area contributed by atoms with Crippen molar-refractivity contribution >= 4 is 5.97 Å². The van der Waals surface area contributed by atoms with Crippen LogP contribution in [0.25, 0.3) is 0 Å². The summed E-state index contributed by atoms with van der Waals surface area (Å²) in [6.45, 7) is 3.46. The minimum atomic E-state index is -4.44. The summed E-state index contributed by atoms with van der Waals surface area (Å²) in [5.74, 6) is -0.721. The lowest BCUT2D eigenvalue weighted by molar-refractivity contribution is -0.137. The van der Waals surface area contributed by atoms with E-state index in [1.54, 1.807) is 0 Å². The molecule has 0 spiro atoms. The average Bonchev–Trinajstić information content (AvgIpc) is 2.42. The number of hydrogen-bond donors (Lipinski definition) is 1. The summed E-state index contributed by atoms with van der Waals surface area (Å²) in [5.41, 5.74) is -0.788. The van der Waals surface area contributed by atoms with Gasteiger partial charge in [-0.05, 0) is 37.1 Å². The van der Waals surface area contributed by atoms with Crippen LogP contribution in [0.1, 0.15) is 28.8 Å². The molecular formula is C14H15F3O3. The molecule has 1 unspecified atom stereocenters. The van der Waals surface area contributed by atoms with Gasteiger partial charge in [-0.1, -0.05) is 12.7 Å². The number of aliphatic hydroxyl groups excluding tert-OH is 1. The maximum atomic E-state index is 12.4. The maximum Gasteiger partial charge on any atom is 0.416 e. The van der Waals surface area contributed by atoms with Gasteiger partial charge in [-0.3, -0.25) is 0 Å². The van der Waals surface area contributed by atoms with Crippen LogP contribution in [-0.2, 0) is 10.9 Å². The summed E-state index contributed by atoms with van der Waals surface area (Å²) in [5, 5.41) is 8.69. The Labute approximate surface area is 114 Å². The Hall–Kier alpha value is -1.82. The predicted octanol–water partition coefficient (Wildman–Crippen LogP) is 3.19. The largest absolute Gasteiger partial charge is 0.455 e. The van der Waals surface area contributed by atoms with Gasteiger partial charge in [-0.25, -0.2) is 4.79 Å². The first-order valence-corrected chi connectivity index (χ1v) is 6.00. The second-order valence-electron chi connectivity index (χ2n) is 4.12. The van der Waals surface area contributed by atoms with Gasteiger partial charge in [0.15, 0.2) is 0 Å². The molecule has 0 aliphatic heterocycles. The summed E-state index contributed by atoms with van der Waals surface area (Å²) >= 11 is 0. The van der Waals surface area contributed by atoms with Gasteiger partial charge in [0.1, 0.15) is 6.10 Å². The fourth-order valence-electron chi connectivity index (χ4n) is 1.52. The highest BCUT2D eigenvalue weighted by Crippen LogP contribution is 2.29. The zero-order valence-corrected chi connectivity index (χ0v) is 10.7. The molecule has 1 rings (SSSR count). The molecule has 6 heteroatoms. The van der Waals surface area contributed by atoms with E-state index in [4.69, 9.17) is 9.84 Å². The number of aliphatic hydroxyl groups is 1. The topological polar surface area (TPSA) is 46.5 Å². The second-order valence-corrected chi connectivity index (χ2v) is 4.12. The molecule has 3 nitrogen and oxygen atoms in total. The molecule has 0 heterocycles. The Balaban J connectivity index is 2.70. The van der Waals surface area contributed by atoms with Crippen LogP contribution in [0.4, 0.5) is 13.2 Å². The summed E-state index contributed by atoms with van der Waals surface area (Å²) in [6.07, 6.45) is -2.74. The number of esters is 1. The molecule has 0 saturated heterocycles. The summed E-state index contributed by atoms with van der Waals surface area (Å²) in [4.78, 5) is 11.7. The Bertz CT molecular complexity index is 452. The number of rotatable bonds is 6. The van der Waals surface area contributed by atoms with Gasteiger partial charge < -0.3 is 9.84 Å². The fraction of sp³-hybridized carbons (Fsp3) is 0.357. The van der Waals surface area contributed by atoms with E-state index >= 15 is 0 Å². The Kier molecular flexibility index (Phi) is 5.76. The van der Waals surface area contributed by atoms with Crippen LogP contribution < -0.4 is 0 Å². The minimum absolute atomic E-state index is 0.0360. The maximum absolute atomic E-state index is 12.4. The van der Waals surface area contributed by atoms with E-state index in [1.165, 1.54) is 6.08 Å². The molecule has 0 fully saturated rings. The lowest BCUT2D eigenvalue weighted by Gasteiger charge is -2.14. The zero-order chi connectivity index (χ0) is 15.2. The van der Waals surface area contributed by atoms with Gasteiger partial charge in [0.2, 0.25) is 0 Å². The number of hydrogen-bond acceptors (Lipinski definition) is 3. The fourth-order valence-corrected chi connectivity index (χ4v) is 1.52. The third kappa shape index (κ3) is 4.70. The Morgan fingerprint density at radius 1 is 1.35 bits per heavy atom. The smallest absolute Gasteiger partial charge is 0.416 e. The van der Waals surface area contributed by atoms with Gasteiger partial charge in [0, 0.05) is 6.61 Å². The molecule has 20 heavy (non-hydrogen) atoms. The molecule has 1 atom stereocenters.